The van der Waals surface area contributed by atoms with E-state index >= 15 is 0 Å². The molecule has 1 saturated heterocycles. The van der Waals surface area contributed by atoms with Crippen LogP contribution in [0.15, 0.2) is 24.3 Å². The van der Waals surface area contributed by atoms with Crippen molar-refractivity contribution in [2.24, 2.45) is 0 Å². The molecule has 1 aromatic rings. The van der Waals surface area contributed by atoms with Crippen LogP contribution in [-0.2, 0) is 16.0 Å². The molecule has 19 heavy (non-hydrogen) atoms. The Balaban J connectivity index is 1.79. The number of carbonyl (C=O) groups is 2. The monoisotopic (exact) mass is 258 g/mol. The van der Waals surface area contributed by atoms with Crippen LogP contribution in [0.2, 0.25) is 0 Å². The molecule has 1 atom stereocenters. The lowest BCUT2D eigenvalue weighted by Gasteiger charge is -2.23. The van der Waals surface area contributed by atoms with Gasteiger partial charge in [-0.1, -0.05) is 24.6 Å². The summed E-state index contributed by atoms with van der Waals surface area (Å²) >= 11 is 0. The maximum absolute atomic E-state index is 12.6. The molecule has 1 unspecified atom stereocenters. The number of para-hydroxylation sites is 1. The number of benzene rings is 1. The van der Waals surface area contributed by atoms with Crippen molar-refractivity contribution in [1.29, 1.82) is 0 Å². The number of carbonyl (C=O) groups excluding carboxylic acids is 2. The second kappa shape index (κ2) is 5.03. The van der Waals surface area contributed by atoms with E-state index in [1.165, 1.54) is 5.56 Å². The van der Waals surface area contributed by atoms with Crippen molar-refractivity contribution in [3.05, 3.63) is 29.8 Å². The molecule has 0 aliphatic carbocycles. The van der Waals surface area contributed by atoms with Gasteiger partial charge in [-0.15, -0.1) is 0 Å². The maximum Gasteiger partial charge on any atom is 0.249 e. The van der Waals surface area contributed by atoms with Crippen LogP contribution >= 0.6 is 0 Å². The molecule has 2 aliphatic heterocycles. The lowest BCUT2D eigenvalue weighted by molar-refractivity contribution is -0.127. The van der Waals surface area contributed by atoms with Crippen LogP contribution in [0.4, 0.5) is 5.69 Å². The molecule has 100 valence electrons. The van der Waals surface area contributed by atoms with Gasteiger partial charge in [0, 0.05) is 18.7 Å². The Morgan fingerprint density at radius 1 is 1.21 bits per heavy atom. The van der Waals surface area contributed by atoms with Gasteiger partial charge in [-0.25, -0.2) is 0 Å². The summed E-state index contributed by atoms with van der Waals surface area (Å²) in [5.41, 5.74) is 2.22. The summed E-state index contributed by atoms with van der Waals surface area (Å²) in [5.74, 6) is 0.0449. The van der Waals surface area contributed by atoms with Crippen LogP contribution < -0.4 is 10.2 Å². The first-order valence-electron chi connectivity index (χ1n) is 6.94. The smallest absolute Gasteiger partial charge is 0.249 e. The molecule has 3 rings (SSSR count). The molecule has 2 aliphatic rings. The van der Waals surface area contributed by atoms with Crippen LogP contribution in [-0.4, -0.2) is 24.4 Å². The van der Waals surface area contributed by atoms with E-state index in [1.54, 1.807) is 0 Å². The van der Waals surface area contributed by atoms with E-state index in [1.807, 2.05) is 23.1 Å². The second-order valence-corrected chi connectivity index (χ2v) is 5.23. The van der Waals surface area contributed by atoms with E-state index in [0.29, 0.717) is 6.42 Å². The predicted octanol–water partition coefficient (Wildman–Crippen LogP) is 1.63. The highest BCUT2D eigenvalue weighted by Crippen LogP contribution is 2.28. The van der Waals surface area contributed by atoms with E-state index in [0.717, 1.165) is 37.9 Å². The minimum atomic E-state index is -0.346. The molecule has 0 saturated carbocycles. The Bertz CT molecular complexity index is 513. The number of rotatable bonds is 1. The summed E-state index contributed by atoms with van der Waals surface area (Å²) in [6.07, 6.45) is 4.02. The van der Waals surface area contributed by atoms with Gasteiger partial charge in [0.05, 0.1) is 0 Å². The summed E-state index contributed by atoms with van der Waals surface area (Å²) in [4.78, 5) is 26.0. The molecule has 2 amide bonds. The fraction of sp³-hybridized carbons (Fsp3) is 0.467. The normalized spacial score (nSPS) is 22.6. The van der Waals surface area contributed by atoms with Gasteiger partial charge in [0.15, 0.2) is 0 Å². The third-order valence-corrected chi connectivity index (χ3v) is 3.93. The fourth-order valence-corrected chi connectivity index (χ4v) is 2.91. The van der Waals surface area contributed by atoms with Crippen molar-refractivity contribution in [2.45, 2.75) is 38.1 Å². The number of fused-ring (bicyclic) bond motifs is 1. The number of hydrogen-bond donors (Lipinski definition) is 1. The zero-order valence-electron chi connectivity index (χ0n) is 10.9. The molecule has 4 nitrogen and oxygen atoms in total. The number of anilines is 1. The first kappa shape index (κ1) is 12.2. The minimum Gasteiger partial charge on any atom is -0.344 e. The third-order valence-electron chi connectivity index (χ3n) is 3.93. The second-order valence-electron chi connectivity index (χ2n) is 5.23. The Morgan fingerprint density at radius 3 is 2.95 bits per heavy atom. The standard InChI is InChI=1S/C15H18N2O2/c18-14-8-4-2-6-12(16-14)15(19)17-10-9-11-5-1-3-7-13(11)17/h1,3,5,7,12H,2,4,6,8-10H2,(H,16,18). The summed E-state index contributed by atoms with van der Waals surface area (Å²) in [6.45, 7) is 0.727. The van der Waals surface area contributed by atoms with Crippen molar-refractivity contribution >= 4 is 17.5 Å². The van der Waals surface area contributed by atoms with Gasteiger partial charge in [-0.05, 0) is 30.9 Å². The van der Waals surface area contributed by atoms with E-state index in [9.17, 15) is 9.59 Å². The molecular formula is C15H18N2O2. The van der Waals surface area contributed by atoms with Crippen molar-refractivity contribution in [3.63, 3.8) is 0 Å². The van der Waals surface area contributed by atoms with Gasteiger partial charge in [-0.2, -0.15) is 0 Å². The largest absolute Gasteiger partial charge is 0.344 e. The molecule has 1 N–H and O–H groups in total. The zero-order valence-corrected chi connectivity index (χ0v) is 10.9. The Hall–Kier alpha value is -1.84. The zero-order chi connectivity index (χ0) is 13.2. The molecule has 1 aromatic carbocycles. The first-order valence-corrected chi connectivity index (χ1v) is 6.94. The summed E-state index contributed by atoms with van der Waals surface area (Å²) in [7, 11) is 0. The molecule has 0 bridgehead atoms. The van der Waals surface area contributed by atoms with E-state index in [2.05, 4.69) is 11.4 Å². The average Bonchev–Trinajstić information content (AvgIpc) is 2.73. The van der Waals surface area contributed by atoms with Gasteiger partial charge in [-0.3, -0.25) is 9.59 Å². The quantitative estimate of drug-likeness (QED) is 0.832. The van der Waals surface area contributed by atoms with Crippen LogP contribution in [0, 0.1) is 0 Å². The predicted molar refractivity (Wildman–Crippen MR) is 72.9 cm³/mol. The van der Waals surface area contributed by atoms with Crippen LogP contribution in [0.3, 0.4) is 0 Å². The Labute approximate surface area is 112 Å². The number of nitrogens with zero attached hydrogens (tertiary/aromatic N) is 1. The Kier molecular flexibility index (Phi) is 3.23. The summed E-state index contributed by atoms with van der Waals surface area (Å²) in [6, 6.07) is 7.66. The molecule has 1 fully saturated rings. The van der Waals surface area contributed by atoms with Crippen LogP contribution in [0.5, 0.6) is 0 Å². The molecule has 2 heterocycles. The van der Waals surface area contributed by atoms with Gasteiger partial charge < -0.3 is 10.2 Å². The first-order chi connectivity index (χ1) is 9.25. The maximum atomic E-state index is 12.6. The third kappa shape index (κ3) is 2.35. The lowest BCUT2D eigenvalue weighted by Crippen LogP contribution is -2.47. The highest BCUT2D eigenvalue weighted by molar-refractivity contribution is 6.00. The number of amides is 2. The summed E-state index contributed by atoms with van der Waals surface area (Å²) < 4.78 is 0. The highest BCUT2D eigenvalue weighted by Gasteiger charge is 2.31. The van der Waals surface area contributed by atoms with Gasteiger partial charge in [0.2, 0.25) is 11.8 Å². The highest BCUT2D eigenvalue weighted by atomic mass is 16.2. The van der Waals surface area contributed by atoms with Crippen LogP contribution in [0.1, 0.15) is 31.2 Å². The number of hydrogen-bond acceptors (Lipinski definition) is 2. The van der Waals surface area contributed by atoms with Gasteiger partial charge in [0.1, 0.15) is 6.04 Å². The van der Waals surface area contributed by atoms with Crippen molar-refractivity contribution < 1.29 is 9.59 Å². The van der Waals surface area contributed by atoms with Crippen molar-refractivity contribution in [2.75, 3.05) is 11.4 Å². The lowest BCUT2D eigenvalue weighted by atomic mass is 10.1. The SMILES string of the molecule is O=C1CCCCC(C(=O)N2CCc3ccccc32)N1. The topological polar surface area (TPSA) is 49.4 Å². The average molecular weight is 258 g/mol. The van der Waals surface area contributed by atoms with E-state index in [4.69, 9.17) is 0 Å². The summed E-state index contributed by atoms with van der Waals surface area (Å²) in [5, 5.41) is 2.86. The van der Waals surface area contributed by atoms with E-state index < -0.39 is 0 Å². The molecular weight excluding hydrogens is 240 g/mol. The fourth-order valence-electron chi connectivity index (χ4n) is 2.91. The van der Waals surface area contributed by atoms with E-state index in [-0.39, 0.29) is 17.9 Å². The molecule has 4 heteroatoms. The molecule has 0 spiro atoms. The van der Waals surface area contributed by atoms with Crippen molar-refractivity contribution in [3.8, 4) is 0 Å². The van der Waals surface area contributed by atoms with Gasteiger partial charge in [0.25, 0.3) is 0 Å². The molecule has 0 aromatic heterocycles. The Morgan fingerprint density at radius 2 is 2.05 bits per heavy atom. The minimum absolute atomic E-state index is 0.00309. The van der Waals surface area contributed by atoms with Crippen LogP contribution in [0.25, 0.3) is 0 Å². The van der Waals surface area contributed by atoms with Crippen molar-refractivity contribution in [1.82, 2.24) is 5.32 Å². The number of nitrogens with one attached hydrogen (secondary N) is 1. The molecule has 0 radical (unpaired) electrons. The van der Waals surface area contributed by atoms with Gasteiger partial charge >= 0.3 is 0 Å².